The van der Waals surface area contributed by atoms with Crippen LogP contribution in [0, 0.1) is 5.92 Å². The number of nitrogens with zero attached hydrogens (tertiary/aromatic N) is 1. The summed E-state index contributed by atoms with van der Waals surface area (Å²) in [6, 6.07) is 0. The van der Waals surface area contributed by atoms with Crippen molar-refractivity contribution in [3.63, 3.8) is 0 Å². The fourth-order valence-electron chi connectivity index (χ4n) is 2.65. The molecule has 1 saturated carbocycles. The van der Waals surface area contributed by atoms with Gasteiger partial charge in [-0.05, 0) is 31.6 Å². The van der Waals surface area contributed by atoms with Crippen molar-refractivity contribution in [2.75, 3.05) is 6.54 Å². The molecule has 4 heteroatoms. The minimum Gasteiger partial charge on any atom is -0.356 e. The third-order valence-electron chi connectivity index (χ3n) is 3.69. The van der Waals surface area contributed by atoms with Crippen molar-refractivity contribution >= 4 is 5.91 Å². The third-order valence-corrected chi connectivity index (χ3v) is 3.69. The van der Waals surface area contributed by atoms with E-state index in [1.807, 2.05) is 6.20 Å². The Morgan fingerprint density at radius 3 is 2.94 bits per heavy atom. The highest BCUT2D eigenvalue weighted by molar-refractivity contribution is 5.76. The van der Waals surface area contributed by atoms with Gasteiger partial charge in [0, 0.05) is 19.2 Å². The predicted molar refractivity (Wildman–Crippen MR) is 71.1 cm³/mol. The number of amides is 1. The van der Waals surface area contributed by atoms with E-state index in [2.05, 4.69) is 15.3 Å². The lowest BCUT2D eigenvalue weighted by molar-refractivity contribution is -0.122. The van der Waals surface area contributed by atoms with E-state index in [9.17, 15) is 4.79 Å². The molecule has 0 radical (unpaired) electrons. The Morgan fingerprint density at radius 1 is 1.39 bits per heavy atom. The number of hydrogen-bond donors (Lipinski definition) is 2. The molecule has 0 bridgehead atoms. The van der Waals surface area contributed by atoms with E-state index in [1.165, 1.54) is 32.1 Å². The zero-order valence-corrected chi connectivity index (χ0v) is 11.0. The minimum absolute atomic E-state index is 0.226. The average Bonchev–Trinajstić information content (AvgIpc) is 2.89. The van der Waals surface area contributed by atoms with Gasteiger partial charge in [0.1, 0.15) is 0 Å². The van der Waals surface area contributed by atoms with Gasteiger partial charge >= 0.3 is 0 Å². The lowest BCUT2D eigenvalue weighted by Gasteiger charge is -2.20. The van der Waals surface area contributed by atoms with E-state index >= 15 is 0 Å². The standard InChI is InChI=1S/C14H23N3O/c18-14(9-12-5-2-1-3-6-12)16-8-4-7-13-10-15-11-17-13/h10-12H,1-9H2,(H,15,17)(H,16,18). The van der Waals surface area contributed by atoms with Gasteiger partial charge in [0.15, 0.2) is 0 Å². The van der Waals surface area contributed by atoms with Crippen LogP contribution >= 0.6 is 0 Å². The van der Waals surface area contributed by atoms with Crippen LogP contribution in [-0.4, -0.2) is 22.4 Å². The monoisotopic (exact) mass is 249 g/mol. The summed E-state index contributed by atoms with van der Waals surface area (Å²) < 4.78 is 0. The van der Waals surface area contributed by atoms with Gasteiger partial charge in [-0.25, -0.2) is 4.98 Å². The molecule has 4 nitrogen and oxygen atoms in total. The molecule has 0 spiro atoms. The second-order valence-corrected chi connectivity index (χ2v) is 5.22. The molecule has 0 unspecified atom stereocenters. The molecule has 0 aliphatic heterocycles. The summed E-state index contributed by atoms with van der Waals surface area (Å²) in [5.74, 6) is 0.856. The Hall–Kier alpha value is -1.32. The molecule has 1 heterocycles. The van der Waals surface area contributed by atoms with Crippen LogP contribution in [0.5, 0.6) is 0 Å². The minimum atomic E-state index is 0.226. The number of H-pyrrole nitrogens is 1. The lowest BCUT2D eigenvalue weighted by atomic mass is 9.87. The first kappa shape index (κ1) is 13.1. The molecule has 1 aliphatic rings. The van der Waals surface area contributed by atoms with Crippen LogP contribution in [0.1, 0.15) is 50.6 Å². The van der Waals surface area contributed by atoms with Gasteiger partial charge in [0.2, 0.25) is 5.91 Å². The second kappa shape index (κ2) is 7.19. The number of aromatic amines is 1. The van der Waals surface area contributed by atoms with Crippen LogP contribution in [0.4, 0.5) is 0 Å². The number of carbonyl (C=O) groups is 1. The summed E-state index contributed by atoms with van der Waals surface area (Å²) in [4.78, 5) is 18.8. The number of aryl methyl sites for hydroxylation is 1. The summed E-state index contributed by atoms with van der Waals surface area (Å²) in [5.41, 5.74) is 1.07. The quantitative estimate of drug-likeness (QED) is 0.761. The number of carbonyl (C=O) groups excluding carboxylic acids is 1. The molecule has 1 amide bonds. The fraction of sp³-hybridized carbons (Fsp3) is 0.714. The summed E-state index contributed by atoms with van der Waals surface area (Å²) in [5, 5.41) is 3.02. The lowest BCUT2D eigenvalue weighted by Crippen LogP contribution is -2.27. The predicted octanol–water partition coefficient (Wildman–Crippen LogP) is 2.43. The van der Waals surface area contributed by atoms with Gasteiger partial charge in [-0.2, -0.15) is 0 Å². The molecular weight excluding hydrogens is 226 g/mol. The second-order valence-electron chi connectivity index (χ2n) is 5.22. The first-order valence-electron chi connectivity index (χ1n) is 7.09. The van der Waals surface area contributed by atoms with Gasteiger partial charge in [0.25, 0.3) is 0 Å². The molecule has 2 rings (SSSR count). The van der Waals surface area contributed by atoms with Crippen LogP contribution in [0.3, 0.4) is 0 Å². The van der Waals surface area contributed by atoms with Crippen LogP contribution < -0.4 is 5.32 Å². The molecule has 0 atom stereocenters. The van der Waals surface area contributed by atoms with Crippen molar-refractivity contribution in [2.45, 2.75) is 51.4 Å². The highest BCUT2D eigenvalue weighted by Crippen LogP contribution is 2.25. The number of aromatic nitrogens is 2. The maximum atomic E-state index is 11.7. The molecule has 0 saturated heterocycles. The Morgan fingerprint density at radius 2 is 2.22 bits per heavy atom. The van der Waals surface area contributed by atoms with Crippen LogP contribution in [0.15, 0.2) is 12.5 Å². The summed E-state index contributed by atoms with van der Waals surface area (Å²) in [7, 11) is 0. The van der Waals surface area contributed by atoms with E-state index < -0.39 is 0 Å². The van der Waals surface area contributed by atoms with Gasteiger partial charge in [-0.15, -0.1) is 0 Å². The largest absolute Gasteiger partial charge is 0.356 e. The van der Waals surface area contributed by atoms with E-state index in [4.69, 9.17) is 0 Å². The number of imidazole rings is 1. The maximum absolute atomic E-state index is 11.7. The van der Waals surface area contributed by atoms with Crippen molar-refractivity contribution in [1.82, 2.24) is 15.3 Å². The highest BCUT2D eigenvalue weighted by Gasteiger charge is 2.16. The van der Waals surface area contributed by atoms with E-state index in [0.29, 0.717) is 5.92 Å². The van der Waals surface area contributed by atoms with Gasteiger partial charge in [-0.1, -0.05) is 19.3 Å². The first-order valence-corrected chi connectivity index (χ1v) is 7.09. The summed E-state index contributed by atoms with van der Waals surface area (Å²) in [6.07, 6.45) is 12.6. The molecular formula is C14H23N3O. The number of nitrogens with one attached hydrogen (secondary N) is 2. The fourth-order valence-corrected chi connectivity index (χ4v) is 2.65. The molecule has 1 aromatic heterocycles. The Labute approximate surface area is 109 Å². The van der Waals surface area contributed by atoms with Crippen molar-refractivity contribution in [2.24, 2.45) is 5.92 Å². The Kier molecular flexibility index (Phi) is 5.24. The molecule has 0 aromatic carbocycles. The summed E-state index contributed by atoms with van der Waals surface area (Å²) in [6.45, 7) is 0.762. The van der Waals surface area contributed by atoms with Gasteiger partial charge in [-0.3, -0.25) is 4.79 Å². The van der Waals surface area contributed by atoms with Gasteiger partial charge in [0.05, 0.1) is 12.0 Å². The Balaban J connectivity index is 1.54. The molecule has 18 heavy (non-hydrogen) atoms. The Bertz CT molecular complexity index is 342. The van der Waals surface area contributed by atoms with Crippen LogP contribution in [0.25, 0.3) is 0 Å². The summed E-state index contributed by atoms with van der Waals surface area (Å²) >= 11 is 0. The van der Waals surface area contributed by atoms with Gasteiger partial charge < -0.3 is 10.3 Å². The normalized spacial score (nSPS) is 16.7. The average molecular weight is 249 g/mol. The van der Waals surface area contributed by atoms with Crippen molar-refractivity contribution in [3.05, 3.63) is 18.2 Å². The molecule has 1 aromatic rings. The molecule has 2 N–H and O–H groups in total. The van der Waals surface area contributed by atoms with Crippen LogP contribution in [0.2, 0.25) is 0 Å². The highest BCUT2D eigenvalue weighted by atomic mass is 16.1. The molecule has 1 fully saturated rings. The SMILES string of the molecule is O=C(CC1CCCCC1)NCCCc1c[nH]cn1. The van der Waals surface area contributed by atoms with Crippen molar-refractivity contribution < 1.29 is 4.79 Å². The van der Waals surface area contributed by atoms with Crippen molar-refractivity contribution in [1.29, 1.82) is 0 Å². The van der Waals surface area contributed by atoms with E-state index in [1.54, 1.807) is 6.33 Å². The smallest absolute Gasteiger partial charge is 0.220 e. The zero-order valence-electron chi connectivity index (χ0n) is 11.0. The first-order chi connectivity index (χ1) is 8.84. The number of hydrogen-bond acceptors (Lipinski definition) is 2. The molecule has 1 aliphatic carbocycles. The maximum Gasteiger partial charge on any atom is 0.220 e. The van der Waals surface area contributed by atoms with Crippen LogP contribution in [-0.2, 0) is 11.2 Å². The zero-order chi connectivity index (χ0) is 12.6. The number of rotatable bonds is 6. The molecule has 100 valence electrons. The topological polar surface area (TPSA) is 57.8 Å². The third kappa shape index (κ3) is 4.51. The van der Waals surface area contributed by atoms with E-state index in [-0.39, 0.29) is 5.91 Å². The van der Waals surface area contributed by atoms with Crippen molar-refractivity contribution in [3.8, 4) is 0 Å². The van der Waals surface area contributed by atoms with E-state index in [0.717, 1.165) is 31.5 Å².